The molecule has 2 aliphatic rings. The van der Waals surface area contributed by atoms with Gasteiger partial charge in [0.15, 0.2) is 0 Å². The van der Waals surface area contributed by atoms with E-state index in [0.717, 1.165) is 17.5 Å². The molecule has 2 aromatic rings. The summed E-state index contributed by atoms with van der Waals surface area (Å²) in [5.74, 6) is -0.738. The van der Waals surface area contributed by atoms with Gasteiger partial charge in [0.05, 0.1) is 27.2 Å². The molecule has 2 aromatic carbocycles. The number of nitro groups is 1. The number of halogens is 1. The Morgan fingerprint density at radius 1 is 1.27 bits per heavy atom. The van der Waals surface area contributed by atoms with Gasteiger partial charge in [-0.15, -0.1) is 0 Å². The van der Waals surface area contributed by atoms with Crippen LogP contribution in [0.15, 0.2) is 48.6 Å². The molecule has 1 aliphatic carbocycles. The van der Waals surface area contributed by atoms with E-state index < -0.39 is 10.9 Å². The second kappa shape index (κ2) is 6.14. The van der Waals surface area contributed by atoms with Crippen molar-refractivity contribution < 1.29 is 14.8 Å². The zero-order valence-electron chi connectivity index (χ0n) is 13.6. The van der Waals surface area contributed by atoms with Crippen molar-refractivity contribution in [1.29, 1.82) is 0 Å². The SMILES string of the molecule is O=C(O)c1ccc([C@@H]2Nc3c(Cl)cc([N+](=O)[O-])cc3[C@H]3C=CC[C@H]32)cc1. The number of hydrogen-bond donors (Lipinski definition) is 2. The van der Waals surface area contributed by atoms with Gasteiger partial charge in [0.1, 0.15) is 0 Å². The zero-order chi connectivity index (χ0) is 18.4. The van der Waals surface area contributed by atoms with Gasteiger partial charge in [-0.3, -0.25) is 10.1 Å². The quantitative estimate of drug-likeness (QED) is 0.461. The van der Waals surface area contributed by atoms with Crippen LogP contribution in [0.4, 0.5) is 11.4 Å². The third-order valence-electron chi connectivity index (χ3n) is 5.13. The van der Waals surface area contributed by atoms with Crippen LogP contribution >= 0.6 is 11.6 Å². The fourth-order valence-corrected chi connectivity index (χ4v) is 4.18. The number of carboxylic acid groups (broad SMARTS) is 1. The number of nitrogens with zero attached hydrogens (tertiary/aromatic N) is 1. The minimum Gasteiger partial charge on any atom is -0.478 e. The third-order valence-corrected chi connectivity index (χ3v) is 5.43. The lowest BCUT2D eigenvalue weighted by atomic mass is 9.77. The van der Waals surface area contributed by atoms with Crippen LogP contribution in [0.1, 0.15) is 39.9 Å². The average Bonchev–Trinajstić information content (AvgIpc) is 3.11. The van der Waals surface area contributed by atoms with E-state index in [1.807, 2.05) is 0 Å². The Bertz CT molecular complexity index is 939. The number of allylic oxidation sites excluding steroid dienone is 2. The first-order chi connectivity index (χ1) is 12.5. The molecule has 2 N–H and O–H groups in total. The van der Waals surface area contributed by atoms with Gasteiger partial charge in [-0.1, -0.05) is 35.9 Å². The molecule has 0 unspecified atom stereocenters. The predicted octanol–water partition coefficient (Wildman–Crippen LogP) is 4.77. The topological polar surface area (TPSA) is 92.5 Å². The van der Waals surface area contributed by atoms with Crippen molar-refractivity contribution in [3.05, 3.63) is 80.4 Å². The van der Waals surface area contributed by atoms with Gasteiger partial charge >= 0.3 is 5.97 Å². The lowest BCUT2D eigenvalue weighted by Crippen LogP contribution is -2.29. The summed E-state index contributed by atoms with van der Waals surface area (Å²) in [4.78, 5) is 21.8. The van der Waals surface area contributed by atoms with Crippen LogP contribution in [0.25, 0.3) is 0 Å². The number of rotatable bonds is 3. The highest BCUT2D eigenvalue weighted by molar-refractivity contribution is 6.33. The van der Waals surface area contributed by atoms with Gasteiger partial charge < -0.3 is 10.4 Å². The molecule has 1 heterocycles. The van der Waals surface area contributed by atoms with Crippen LogP contribution in [0.2, 0.25) is 5.02 Å². The minimum atomic E-state index is -0.964. The van der Waals surface area contributed by atoms with Gasteiger partial charge in [0.2, 0.25) is 0 Å². The molecule has 3 atom stereocenters. The summed E-state index contributed by atoms with van der Waals surface area (Å²) in [5, 5.41) is 24.0. The Hall–Kier alpha value is -2.86. The molecular formula is C19H15ClN2O4. The van der Waals surface area contributed by atoms with Crippen LogP contribution in [-0.2, 0) is 0 Å². The van der Waals surface area contributed by atoms with Crippen molar-refractivity contribution in [2.45, 2.75) is 18.4 Å². The molecule has 0 aromatic heterocycles. The van der Waals surface area contributed by atoms with Gasteiger partial charge in [0.25, 0.3) is 5.69 Å². The molecule has 6 nitrogen and oxygen atoms in total. The second-order valence-electron chi connectivity index (χ2n) is 6.55. The summed E-state index contributed by atoms with van der Waals surface area (Å²) in [5.41, 5.74) is 2.73. The average molecular weight is 371 g/mol. The van der Waals surface area contributed by atoms with Gasteiger partial charge in [-0.2, -0.15) is 0 Å². The highest BCUT2D eigenvalue weighted by atomic mass is 35.5. The normalized spacial score (nSPS) is 23.0. The van der Waals surface area contributed by atoms with E-state index in [1.165, 1.54) is 6.07 Å². The maximum absolute atomic E-state index is 11.2. The van der Waals surface area contributed by atoms with E-state index in [1.54, 1.807) is 30.3 Å². The Kier molecular flexibility index (Phi) is 3.92. The first-order valence-electron chi connectivity index (χ1n) is 8.20. The van der Waals surface area contributed by atoms with Crippen LogP contribution in [0.5, 0.6) is 0 Å². The first-order valence-corrected chi connectivity index (χ1v) is 8.58. The number of fused-ring (bicyclic) bond motifs is 3. The van der Waals surface area contributed by atoms with E-state index in [0.29, 0.717) is 10.7 Å². The number of nitrogens with one attached hydrogen (secondary N) is 1. The number of anilines is 1. The molecule has 1 aliphatic heterocycles. The third kappa shape index (κ3) is 2.63. The summed E-state index contributed by atoms with van der Waals surface area (Å²) in [7, 11) is 0. The van der Waals surface area contributed by atoms with Crippen LogP contribution in [0, 0.1) is 16.0 Å². The molecule has 0 bridgehead atoms. The molecule has 0 spiro atoms. The fourth-order valence-electron chi connectivity index (χ4n) is 3.91. The zero-order valence-corrected chi connectivity index (χ0v) is 14.3. The lowest BCUT2D eigenvalue weighted by Gasteiger charge is -2.37. The van der Waals surface area contributed by atoms with Gasteiger partial charge in [-0.25, -0.2) is 4.79 Å². The van der Waals surface area contributed by atoms with E-state index in [4.69, 9.17) is 16.7 Å². The molecule has 7 heteroatoms. The van der Waals surface area contributed by atoms with Crippen LogP contribution < -0.4 is 5.32 Å². The molecular weight excluding hydrogens is 356 g/mol. The van der Waals surface area contributed by atoms with Crippen molar-refractivity contribution >= 4 is 28.9 Å². The Balaban J connectivity index is 1.77. The van der Waals surface area contributed by atoms with Crippen molar-refractivity contribution in [1.82, 2.24) is 0 Å². The number of benzene rings is 2. The van der Waals surface area contributed by atoms with Crippen molar-refractivity contribution in [2.75, 3.05) is 5.32 Å². The predicted molar refractivity (Wildman–Crippen MR) is 97.9 cm³/mol. The number of carboxylic acids is 1. The largest absolute Gasteiger partial charge is 0.478 e. The Morgan fingerprint density at radius 3 is 2.65 bits per heavy atom. The van der Waals surface area contributed by atoms with E-state index in [9.17, 15) is 14.9 Å². The number of nitro benzene ring substituents is 1. The maximum Gasteiger partial charge on any atom is 0.335 e. The van der Waals surface area contributed by atoms with Crippen molar-refractivity contribution in [2.24, 2.45) is 5.92 Å². The van der Waals surface area contributed by atoms with Gasteiger partial charge in [0, 0.05) is 18.1 Å². The second-order valence-corrected chi connectivity index (χ2v) is 6.96. The highest BCUT2D eigenvalue weighted by Gasteiger charge is 2.39. The Morgan fingerprint density at radius 2 is 2.00 bits per heavy atom. The molecule has 4 rings (SSSR count). The van der Waals surface area contributed by atoms with Crippen LogP contribution in [0.3, 0.4) is 0 Å². The van der Waals surface area contributed by atoms with E-state index in [2.05, 4.69) is 17.5 Å². The molecule has 132 valence electrons. The van der Waals surface area contributed by atoms with Gasteiger partial charge in [-0.05, 0) is 35.6 Å². The molecule has 0 saturated carbocycles. The highest BCUT2D eigenvalue weighted by Crippen LogP contribution is 2.52. The molecule has 0 saturated heterocycles. The summed E-state index contributed by atoms with van der Waals surface area (Å²) in [6.45, 7) is 0. The monoisotopic (exact) mass is 370 g/mol. The summed E-state index contributed by atoms with van der Waals surface area (Å²) in [6, 6.07) is 9.68. The smallest absolute Gasteiger partial charge is 0.335 e. The maximum atomic E-state index is 11.2. The first kappa shape index (κ1) is 16.6. The number of aromatic carboxylic acids is 1. The Labute approximate surface area is 154 Å². The number of hydrogen-bond acceptors (Lipinski definition) is 4. The number of non-ortho nitro benzene ring substituents is 1. The summed E-state index contributed by atoms with van der Waals surface area (Å²) in [6.07, 6.45) is 4.99. The van der Waals surface area contributed by atoms with Crippen molar-refractivity contribution in [3.63, 3.8) is 0 Å². The van der Waals surface area contributed by atoms with Crippen LogP contribution in [-0.4, -0.2) is 16.0 Å². The van der Waals surface area contributed by atoms with Crippen molar-refractivity contribution in [3.8, 4) is 0 Å². The van der Waals surface area contributed by atoms with E-state index in [-0.39, 0.29) is 29.1 Å². The fraction of sp³-hybridized carbons (Fsp3) is 0.211. The number of carbonyl (C=O) groups is 1. The molecule has 0 radical (unpaired) electrons. The molecule has 0 fully saturated rings. The van der Waals surface area contributed by atoms with E-state index >= 15 is 0 Å². The summed E-state index contributed by atoms with van der Waals surface area (Å²) < 4.78 is 0. The summed E-state index contributed by atoms with van der Waals surface area (Å²) >= 11 is 6.33. The molecule has 26 heavy (non-hydrogen) atoms. The molecule has 0 amide bonds. The lowest BCUT2D eigenvalue weighted by molar-refractivity contribution is -0.384. The standard InChI is InChI=1S/C19H15ClN2O4/c20-16-9-12(22(25)26)8-15-13-2-1-3-14(13)17(21-18(15)16)10-4-6-11(7-5-10)19(23)24/h1-2,4-9,13-14,17,21H,3H2,(H,23,24)/t13-,14+,17-/m0/s1. The minimum absolute atomic E-state index is 0.0149.